The van der Waals surface area contributed by atoms with Crippen molar-refractivity contribution < 1.29 is 8.78 Å². The topological polar surface area (TPSA) is 34.9 Å². The Kier molecular flexibility index (Phi) is 4.52. The summed E-state index contributed by atoms with van der Waals surface area (Å²) in [6.07, 6.45) is 3.00. The van der Waals surface area contributed by atoms with Gasteiger partial charge in [0.1, 0.15) is 11.6 Å². The first-order valence-electron chi connectivity index (χ1n) is 6.84. The van der Waals surface area contributed by atoms with Gasteiger partial charge in [-0.1, -0.05) is 30.0 Å². The van der Waals surface area contributed by atoms with Gasteiger partial charge in [0.2, 0.25) is 0 Å². The monoisotopic (exact) mass is 330 g/mol. The van der Waals surface area contributed by atoms with Crippen LogP contribution >= 0.6 is 11.8 Å². The number of rotatable bonds is 4. The maximum atomic E-state index is 13.3. The summed E-state index contributed by atoms with van der Waals surface area (Å²) in [7, 11) is 0. The second-order valence-electron chi connectivity index (χ2n) is 4.80. The van der Waals surface area contributed by atoms with Crippen LogP contribution in [0.3, 0.4) is 0 Å². The zero-order valence-electron chi connectivity index (χ0n) is 11.9. The van der Waals surface area contributed by atoms with Gasteiger partial charge in [-0.2, -0.15) is 0 Å². The Labute approximate surface area is 135 Å². The van der Waals surface area contributed by atoms with Crippen LogP contribution in [0, 0.1) is 11.6 Å². The Morgan fingerprint density at radius 2 is 1.83 bits per heavy atom. The molecule has 3 nitrogen and oxygen atoms in total. The van der Waals surface area contributed by atoms with Crippen molar-refractivity contribution in [3.63, 3.8) is 0 Å². The summed E-state index contributed by atoms with van der Waals surface area (Å²) in [6, 6.07) is 11.9. The highest BCUT2D eigenvalue weighted by Gasteiger charge is 2.08. The van der Waals surface area contributed by atoms with Crippen molar-refractivity contribution in [1.29, 1.82) is 0 Å². The average Bonchev–Trinajstić information content (AvgIpc) is 2.55. The van der Waals surface area contributed by atoms with Gasteiger partial charge in [-0.15, -0.1) is 0 Å². The van der Waals surface area contributed by atoms with Crippen LogP contribution in [0.15, 0.2) is 70.7 Å². The summed E-state index contributed by atoms with van der Waals surface area (Å²) in [5.74, 6) is -0.216. The van der Waals surface area contributed by atoms with E-state index in [1.54, 1.807) is 24.3 Å². The standard InChI is InChI=1S/C17H12F2N2OS/c18-13-6-4-12(5-7-13)11-23-16-17(22)21(9-8-20-16)15-3-1-2-14(19)10-15/h1-10H,11H2. The molecule has 0 bridgehead atoms. The second-order valence-corrected chi connectivity index (χ2v) is 5.77. The molecule has 0 aliphatic rings. The number of aromatic nitrogens is 2. The molecule has 0 radical (unpaired) electrons. The van der Waals surface area contributed by atoms with E-state index >= 15 is 0 Å². The van der Waals surface area contributed by atoms with Gasteiger partial charge in [0, 0.05) is 18.1 Å². The fourth-order valence-corrected chi connectivity index (χ4v) is 2.91. The lowest BCUT2D eigenvalue weighted by molar-refractivity contribution is 0.626. The van der Waals surface area contributed by atoms with Crippen molar-refractivity contribution >= 4 is 11.8 Å². The van der Waals surface area contributed by atoms with E-state index in [9.17, 15) is 13.6 Å². The lowest BCUT2D eigenvalue weighted by atomic mass is 10.2. The van der Waals surface area contributed by atoms with Gasteiger partial charge in [-0.3, -0.25) is 9.36 Å². The van der Waals surface area contributed by atoms with E-state index in [2.05, 4.69) is 4.98 Å². The Bertz CT molecular complexity index is 878. The van der Waals surface area contributed by atoms with Gasteiger partial charge in [-0.05, 0) is 35.9 Å². The highest BCUT2D eigenvalue weighted by molar-refractivity contribution is 7.98. The largest absolute Gasteiger partial charge is 0.287 e. The van der Waals surface area contributed by atoms with Crippen LogP contribution in [-0.2, 0) is 5.75 Å². The smallest absolute Gasteiger partial charge is 0.280 e. The highest BCUT2D eigenvalue weighted by atomic mass is 32.2. The molecule has 0 atom stereocenters. The quantitative estimate of drug-likeness (QED) is 0.683. The molecule has 0 aliphatic heterocycles. The third kappa shape index (κ3) is 3.65. The van der Waals surface area contributed by atoms with Crippen LogP contribution in [0.5, 0.6) is 0 Å². The molecule has 1 heterocycles. The highest BCUT2D eigenvalue weighted by Crippen LogP contribution is 2.18. The molecule has 0 unspecified atom stereocenters. The molecule has 6 heteroatoms. The van der Waals surface area contributed by atoms with E-state index in [0.717, 1.165) is 5.56 Å². The number of nitrogens with zero attached hydrogens (tertiary/aromatic N) is 2. The normalized spacial score (nSPS) is 10.7. The van der Waals surface area contributed by atoms with Crippen LogP contribution < -0.4 is 5.56 Å². The van der Waals surface area contributed by atoms with E-state index in [-0.39, 0.29) is 11.4 Å². The number of benzene rings is 2. The molecule has 0 fully saturated rings. The first kappa shape index (κ1) is 15.4. The fraction of sp³-hybridized carbons (Fsp3) is 0.0588. The predicted octanol–water partition coefficient (Wildman–Crippen LogP) is 3.80. The molecule has 2 aromatic carbocycles. The van der Waals surface area contributed by atoms with E-state index in [0.29, 0.717) is 16.5 Å². The van der Waals surface area contributed by atoms with E-state index in [1.165, 1.54) is 53.0 Å². The molecule has 116 valence electrons. The van der Waals surface area contributed by atoms with Crippen LogP contribution in [0.25, 0.3) is 5.69 Å². The van der Waals surface area contributed by atoms with E-state index in [4.69, 9.17) is 0 Å². The summed E-state index contributed by atoms with van der Waals surface area (Å²) < 4.78 is 27.6. The number of thioether (sulfide) groups is 1. The zero-order chi connectivity index (χ0) is 16.2. The van der Waals surface area contributed by atoms with Crippen molar-refractivity contribution in [2.45, 2.75) is 10.8 Å². The summed E-state index contributed by atoms with van der Waals surface area (Å²) in [5, 5.41) is 0.307. The molecule has 0 saturated heterocycles. The minimum atomic E-state index is -0.410. The molecule has 0 N–H and O–H groups in total. The Balaban J connectivity index is 1.85. The summed E-state index contributed by atoms with van der Waals surface area (Å²) in [5.41, 5.74) is 1.02. The van der Waals surface area contributed by atoms with Gasteiger partial charge in [0.15, 0.2) is 5.03 Å². The molecule has 3 aromatic rings. The number of halogens is 2. The first-order chi connectivity index (χ1) is 11.1. The molecule has 1 aromatic heterocycles. The van der Waals surface area contributed by atoms with Gasteiger partial charge in [0.25, 0.3) is 5.56 Å². The molecule has 0 amide bonds. The van der Waals surface area contributed by atoms with Gasteiger partial charge in [0.05, 0.1) is 5.69 Å². The number of hydrogen-bond donors (Lipinski definition) is 0. The molecular weight excluding hydrogens is 318 g/mol. The third-order valence-electron chi connectivity index (χ3n) is 3.18. The van der Waals surface area contributed by atoms with Crippen molar-refractivity contribution in [3.8, 4) is 5.69 Å². The van der Waals surface area contributed by atoms with Crippen LogP contribution in [-0.4, -0.2) is 9.55 Å². The third-order valence-corrected chi connectivity index (χ3v) is 4.22. The Hall–Kier alpha value is -2.47. The molecular formula is C17H12F2N2OS. The van der Waals surface area contributed by atoms with Crippen LogP contribution in [0.4, 0.5) is 8.78 Å². The van der Waals surface area contributed by atoms with Crippen molar-refractivity contribution in [2.75, 3.05) is 0 Å². The van der Waals surface area contributed by atoms with Crippen molar-refractivity contribution in [1.82, 2.24) is 9.55 Å². The van der Waals surface area contributed by atoms with Crippen LogP contribution in [0.2, 0.25) is 0 Å². The predicted molar refractivity (Wildman–Crippen MR) is 85.8 cm³/mol. The van der Waals surface area contributed by atoms with Gasteiger partial charge >= 0.3 is 0 Å². The van der Waals surface area contributed by atoms with Crippen LogP contribution in [0.1, 0.15) is 5.56 Å². The molecule has 0 saturated carbocycles. The number of hydrogen-bond acceptors (Lipinski definition) is 3. The van der Waals surface area contributed by atoms with E-state index < -0.39 is 5.82 Å². The minimum Gasteiger partial charge on any atom is -0.280 e. The zero-order valence-corrected chi connectivity index (χ0v) is 12.8. The van der Waals surface area contributed by atoms with Gasteiger partial charge in [-0.25, -0.2) is 13.8 Å². The Morgan fingerprint density at radius 1 is 1.04 bits per heavy atom. The minimum absolute atomic E-state index is 0.301. The first-order valence-corrected chi connectivity index (χ1v) is 7.83. The summed E-state index contributed by atoms with van der Waals surface area (Å²) >= 11 is 1.26. The molecule has 3 rings (SSSR count). The summed E-state index contributed by atoms with van der Waals surface area (Å²) in [4.78, 5) is 16.5. The second kappa shape index (κ2) is 6.75. The molecule has 0 spiro atoms. The summed E-state index contributed by atoms with van der Waals surface area (Å²) in [6.45, 7) is 0. The van der Waals surface area contributed by atoms with Crippen molar-refractivity contribution in [3.05, 3.63) is 88.5 Å². The molecule has 23 heavy (non-hydrogen) atoms. The lowest BCUT2D eigenvalue weighted by Gasteiger charge is -2.07. The lowest BCUT2D eigenvalue weighted by Crippen LogP contribution is -2.20. The van der Waals surface area contributed by atoms with E-state index in [1.807, 2.05) is 0 Å². The fourth-order valence-electron chi connectivity index (χ4n) is 2.05. The maximum Gasteiger partial charge on any atom is 0.287 e. The maximum absolute atomic E-state index is 13.3. The SMILES string of the molecule is O=c1c(SCc2ccc(F)cc2)nccn1-c1cccc(F)c1. The average molecular weight is 330 g/mol. The van der Waals surface area contributed by atoms with Crippen molar-refractivity contribution in [2.24, 2.45) is 0 Å². The van der Waals surface area contributed by atoms with Gasteiger partial charge < -0.3 is 0 Å². The Morgan fingerprint density at radius 3 is 2.57 bits per heavy atom. The molecule has 0 aliphatic carbocycles.